The standard InChI is InChI=1S/C13H24N2O3/c1-13(12(16)17,14-10-3-4-10)9-15(7-8-18-2)11-5-6-11/h10-11,14H,3-9H2,1-2H3,(H,16,17). The Balaban J connectivity index is 1.93. The molecule has 2 aliphatic rings. The summed E-state index contributed by atoms with van der Waals surface area (Å²) in [5.41, 5.74) is -0.836. The first-order valence-corrected chi connectivity index (χ1v) is 6.79. The van der Waals surface area contributed by atoms with Gasteiger partial charge in [-0.25, -0.2) is 0 Å². The van der Waals surface area contributed by atoms with Crippen molar-refractivity contribution in [3.05, 3.63) is 0 Å². The summed E-state index contributed by atoms with van der Waals surface area (Å²) in [4.78, 5) is 13.8. The van der Waals surface area contributed by atoms with Gasteiger partial charge in [-0.1, -0.05) is 0 Å². The summed E-state index contributed by atoms with van der Waals surface area (Å²) in [5, 5.41) is 12.7. The van der Waals surface area contributed by atoms with E-state index in [9.17, 15) is 9.90 Å². The SMILES string of the molecule is COCCN(CC(C)(NC1CC1)C(=O)O)C1CC1. The zero-order chi connectivity index (χ0) is 13.2. The Labute approximate surface area is 108 Å². The van der Waals surface area contributed by atoms with E-state index in [1.165, 1.54) is 12.8 Å². The molecular formula is C13H24N2O3. The first kappa shape index (κ1) is 13.8. The molecule has 2 rings (SSSR count). The van der Waals surface area contributed by atoms with E-state index in [1.807, 2.05) is 0 Å². The zero-order valence-corrected chi connectivity index (χ0v) is 11.3. The lowest BCUT2D eigenvalue weighted by atomic mass is 10.0. The van der Waals surface area contributed by atoms with Gasteiger partial charge in [-0.3, -0.25) is 15.0 Å². The summed E-state index contributed by atoms with van der Waals surface area (Å²) < 4.78 is 5.11. The maximum absolute atomic E-state index is 11.5. The second kappa shape index (κ2) is 5.55. The molecule has 0 amide bonds. The molecule has 0 spiro atoms. The summed E-state index contributed by atoms with van der Waals surface area (Å²) in [6.45, 7) is 3.84. The van der Waals surface area contributed by atoms with E-state index >= 15 is 0 Å². The topological polar surface area (TPSA) is 61.8 Å². The van der Waals surface area contributed by atoms with Crippen LogP contribution in [0.25, 0.3) is 0 Å². The van der Waals surface area contributed by atoms with Gasteiger partial charge in [0.15, 0.2) is 0 Å². The smallest absolute Gasteiger partial charge is 0.324 e. The fraction of sp³-hybridized carbons (Fsp3) is 0.923. The van der Waals surface area contributed by atoms with Gasteiger partial charge in [0.1, 0.15) is 5.54 Å². The predicted molar refractivity (Wildman–Crippen MR) is 68.7 cm³/mol. The maximum atomic E-state index is 11.5. The summed E-state index contributed by atoms with van der Waals surface area (Å²) in [5.74, 6) is -0.752. The van der Waals surface area contributed by atoms with Crippen molar-refractivity contribution >= 4 is 5.97 Å². The highest BCUT2D eigenvalue weighted by atomic mass is 16.5. The van der Waals surface area contributed by atoms with E-state index in [0.29, 0.717) is 25.2 Å². The number of ether oxygens (including phenoxy) is 1. The monoisotopic (exact) mass is 256 g/mol. The van der Waals surface area contributed by atoms with Gasteiger partial charge in [0.25, 0.3) is 0 Å². The molecule has 2 aliphatic carbocycles. The van der Waals surface area contributed by atoms with Crippen molar-refractivity contribution in [1.82, 2.24) is 10.2 Å². The zero-order valence-electron chi connectivity index (χ0n) is 11.3. The summed E-state index contributed by atoms with van der Waals surface area (Å²) in [7, 11) is 1.68. The van der Waals surface area contributed by atoms with Crippen LogP contribution in [-0.2, 0) is 9.53 Å². The molecule has 0 aromatic rings. The van der Waals surface area contributed by atoms with Crippen LogP contribution in [0.1, 0.15) is 32.6 Å². The van der Waals surface area contributed by atoms with Gasteiger partial charge in [0.05, 0.1) is 6.61 Å². The number of carboxylic acids is 1. The number of carboxylic acid groups (broad SMARTS) is 1. The summed E-state index contributed by atoms with van der Waals surface area (Å²) in [6, 6.07) is 0.953. The van der Waals surface area contributed by atoms with E-state index in [4.69, 9.17) is 4.74 Å². The highest BCUT2D eigenvalue weighted by Crippen LogP contribution is 2.29. The Morgan fingerprint density at radius 2 is 2.11 bits per heavy atom. The molecule has 0 aliphatic heterocycles. The Kier molecular flexibility index (Phi) is 4.25. The van der Waals surface area contributed by atoms with Crippen molar-refractivity contribution in [2.45, 2.75) is 50.2 Å². The van der Waals surface area contributed by atoms with E-state index in [2.05, 4.69) is 10.2 Å². The molecule has 18 heavy (non-hydrogen) atoms. The minimum absolute atomic E-state index is 0.398. The quantitative estimate of drug-likeness (QED) is 0.635. The van der Waals surface area contributed by atoms with Crippen LogP contribution >= 0.6 is 0 Å². The van der Waals surface area contributed by atoms with Crippen molar-refractivity contribution in [2.24, 2.45) is 0 Å². The van der Waals surface area contributed by atoms with Gasteiger partial charge in [0, 0.05) is 32.3 Å². The first-order valence-electron chi connectivity index (χ1n) is 6.79. The van der Waals surface area contributed by atoms with Gasteiger partial charge in [0.2, 0.25) is 0 Å². The first-order chi connectivity index (χ1) is 8.55. The van der Waals surface area contributed by atoms with E-state index < -0.39 is 11.5 Å². The predicted octanol–water partition coefficient (Wildman–Crippen LogP) is 0.693. The van der Waals surface area contributed by atoms with Crippen LogP contribution in [0.2, 0.25) is 0 Å². The fourth-order valence-electron chi connectivity index (χ4n) is 2.30. The van der Waals surface area contributed by atoms with Crippen LogP contribution < -0.4 is 5.32 Å². The van der Waals surface area contributed by atoms with Crippen LogP contribution in [0, 0.1) is 0 Å². The molecule has 0 bridgehead atoms. The van der Waals surface area contributed by atoms with E-state index in [1.54, 1.807) is 14.0 Å². The van der Waals surface area contributed by atoms with Crippen LogP contribution in [0.5, 0.6) is 0 Å². The molecule has 0 radical (unpaired) electrons. The molecular weight excluding hydrogens is 232 g/mol. The Morgan fingerprint density at radius 3 is 2.56 bits per heavy atom. The number of carbonyl (C=O) groups is 1. The van der Waals surface area contributed by atoms with E-state index in [0.717, 1.165) is 19.4 Å². The third kappa shape index (κ3) is 3.67. The Morgan fingerprint density at radius 1 is 1.44 bits per heavy atom. The number of methoxy groups -OCH3 is 1. The second-order valence-electron chi connectivity index (χ2n) is 5.75. The van der Waals surface area contributed by atoms with Gasteiger partial charge >= 0.3 is 5.97 Å². The minimum atomic E-state index is -0.836. The molecule has 1 unspecified atom stereocenters. The number of aliphatic carboxylic acids is 1. The summed E-state index contributed by atoms with van der Waals surface area (Å²) >= 11 is 0. The van der Waals surface area contributed by atoms with Crippen molar-refractivity contribution in [3.8, 4) is 0 Å². The minimum Gasteiger partial charge on any atom is -0.480 e. The van der Waals surface area contributed by atoms with Crippen molar-refractivity contribution in [2.75, 3.05) is 26.8 Å². The summed E-state index contributed by atoms with van der Waals surface area (Å²) in [6.07, 6.45) is 4.57. The fourth-order valence-corrected chi connectivity index (χ4v) is 2.30. The van der Waals surface area contributed by atoms with Crippen molar-refractivity contribution in [1.29, 1.82) is 0 Å². The molecule has 2 fully saturated rings. The second-order valence-corrected chi connectivity index (χ2v) is 5.75. The Hall–Kier alpha value is -0.650. The molecule has 5 heteroatoms. The number of hydrogen-bond donors (Lipinski definition) is 2. The molecule has 1 atom stereocenters. The normalized spacial score (nSPS) is 23.1. The largest absolute Gasteiger partial charge is 0.480 e. The maximum Gasteiger partial charge on any atom is 0.324 e. The van der Waals surface area contributed by atoms with Gasteiger partial charge in [-0.15, -0.1) is 0 Å². The molecule has 5 nitrogen and oxygen atoms in total. The van der Waals surface area contributed by atoms with Gasteiger partial charge in [-0.05, 0) is 32.6 Å². The molecule has 2 N–H and O–H groups in total. The molecule has 0 aromatic heterocycles. The molecule has 0 aromatic carbocycles. The van der Waals surface area contributed by atoms with Gasteiger partial charge in [-0.2, -0.15) is 0 Å². The highest BCUT2D eigenvalue weighted by molar-refractivity contribution is 5.78. The molecule has 2 saturated carbocycles. The molecule has 0 heterocycles. The number of hydrogen-bond acceptors (Lipinski definition) is 4. The highest BCUT2D eigenvalue weighted by Gasteiger charge is 2.42. The number of nitrogens with one attached hydrogen (secondary N) is 1. The Bertz CT molecular complexity index is 303. The van der Waals surface area contributed by atoms with Crippen LogP contribution in [-0.4, -0.2) is 60.4 Å². The lowest BCUT2D eigenvalue weighted by Gasteiger charge is -2.33. The molecule has 104 valence electrons. The number of nitrogens with zero attached hydrogens (tertiary/aromatic N) is 1. The van der Waals surface area contributed by atoms with Crippen molar-refractivity contribution in [3.63, 3.8) is 0 Å². The van der Waals surface area contributed by atoms with E-state index in [-0.39, 0.29) is 0 Å². The lowest BCUT2D eigenvalue weighted by molar-refractivity contribution is -0.145. The van der Waals surface area contributed by atoms with Crippen molar-refractivity contribution < 1.29 is 14.6 Å². The average Bonchev–Trinajstić information content (AvgIpc) is 3.15. The van der Waals surface area contributed by atoms with Crippen LogP contribution in [0.3, 0.4) is 0 Å². The van der Waals surface area contributed by atoms with Crippen LogP contribution in [0.4, 0.5) is 0 Å². The third-order valence-corrected chi connectivity index (χ3v) is 3.74. The lowest BCUT2D eigenvalue weighted by Crippen LogP contribution is -2.58. The van der Waals surface area contributed by atoms with Gasteiger partial charge < -0.3 is 9.84 Å². The molecule has 0 saturated heterocycles. The number of rotatable bonds is 9. The average molecular weight is 256 g/mol. The van der Waals surface area contributed by atoms with Crippen LogP contribution in [0.15, 0.2) is 0 Å². The third-order valence-electron chi connectivity index (χ3n) is 3.74.